The molecule has 0 bridgehead atoms. The van der Waals surface area contributed by atoms with Gasteiger partial charge >= 0.3 is 0 Å². The summed E-state index contributed by atoms with van der Waals surface area (Å²) in [5.41, 5.74) is 5.46. The van der Waals surface area contributed by atoms with Crippen LogP contribution >= 0.6 is 11.6 Å². The third-order valence-electron chi connectivity index (χ3n) is 2.04. The average molecular weight is 214 g/mol. The molecular formula is C10H16ClN3. The Kier molecular flexibility index (Phi) is 4.70. The molecule has 1 heterocycles. The molecule has 4 heteroatoms. The molecule has 1 aromatic rings. The largest absolute Gasteiger partial charge is 0.369 e. The molecule has 1 rings (SSSR count). The molecule has 0 amide bonds. The van der Waals surface area contributed by atoms with Crippen LogP contribution in [-0.2, 0) is 0 Å². The van der Waals surface area contributed by atoms with E-state index in [1.165, 1.54) is 0 Å². The van der Waals surface area contributed by atoms with E-state index in [9.17, 15) is 0 Å². The molecule has 1 aromatic heterocycles. The first-order valence-electron chi connectivity index (χ1n) is 4.78. The molecule has 0 saturated carbocycles. The SMILES string of the molecule is CC(CCN)CNc1ncccc1Cl. The summed E-state index contributed by atoms with van der Waals surface area (Å²) in [7, 11) is 0. The third-order valence-corrected chi connectivity index (χ3v) is 2.34. The van der Waals surface area contributed by atoms with Crippen molar-refractivity contribution in [3.63, 3.8) is 0 Å². The van der Waals surface area contributed by atoms with Gasteiger partial charge in [0.15, 0.2) is 0 Å². The first-order chi connectivity index (χ1) is 6.74. The van der Waals surface area contributed by atoms with Gasteiger partial charge in [-0.25, -0.2) is 4.98 Å². The van der Waals surface area contributed by atoms with Crippen LogP contribution in [-0.4, -0.2) is 18.1 Å². The predicted octanol–water partition coefficient (Wildman–Crippen LogP) is 2.13. The minimum absolute atomic E-state index is 0.540. The lowest BCUT2D eigenvalue weighted by Crippen LogP contribution is -2.15. The smallest absolute Gasteiger partial charge is 0.144 e. The lowest BCUT2D eigenvalue weighted by molar-refractivity contribution is 0.567. The highest BCUT2D eigenvalue weighted by Crippen LogP contribution is 2.17. The summed E-state index contributed by atoms with van der Waals surface area (Å²) in [4.78, 5) is 4.14. The van der Waals surface area contributed by atoms with Gasteiger partial charge in [-0.1, -0.05) is 18.5 Å². The molecule has 0 aliphatic heterocycles. The van der Waals surface area contributed by atoms with E-state index < -0.39 is 0 Å². The Bertz CT molecular complexity index is 278. The van der Waals surface area contributed by atoms with Crippen molar-refractivity contribution in [2.24, 2.45) is 11.7 Å². The second-order valence-corrected chi connectivity index (χ2v) is 3.80. The van der Waals surface area contributed by atoms with Crippen molar-refractivity contribution >= 4 is 17.4 Å². The molecule has 0 aliphatic rings. The Morgan fingerprint density at radius 1 is 1.64 bits per heavy atom. The molecule has 78 valence electrons. The minimum atomic E-state index is 0.540. The van der Waals surface area contributed by atoms with Gasteiger partial charge in [0.05, 0.1) is 5.02 Å². The number of hydrogen-bond donors (Lipinski definition) is 2. The summed E-state index contributed by atoms with van der Waals surface area (Å²) in [5, 5.41) is 3.86. The van der Waals surface area contributed by atoms with Crippen molar-refractivity contribution in [3.05, 3.63) is 23.4 Å². The lowest BCUT2D eigenvalue weighted by atomic mass is 10.1. The molecule has 1 unspecified atom stereocenters. The Morgan fingerprint density at radius 2 is 2.43 bits per heavy atom. The number of hydrogen-bond acceptors (Lipinski definition) is 3. The minimum Gasteiger partial charge on any atom is -0.369 e. The van der Waals surface area contributed by atoms with Crippen molar-refractivity contribution < 1.29 is 0 Å². The molecule has 0 aliphatic carbocycles. The molecule has 0 aromatic carbocycles. The normalized spacial score (nSPS) is 12.5. The summed E-state index contributed by atoms with van der Waals surface area (Å²) in [5.74, 6) is 1.29. The monoisotopic (exact) mass is 213 g/mol. The number of anilines is 1. The summed E-state index contributed by atoms with van der Waals surface area (Å²) in [6.07, 6.45) is 2.74. The maximum atomic E-state index is 5.94. The van der Waals surface area contributed by atoms with E-state index in [-0.39, 0.29) is 0 Å². The van der Waals surface area contributed by atoms with Crippen LogP contribution in [0.1, 0.15) is 13.3 Å². The Morgan fingerprint density at radius 3 is 3.07 bits per heavy atom. The molecule has 14 heavy (non-hydrogen) atoms. The van der Waals surface area contributed by atoms with E-state index >= 15 is 0 Å². The van der Waals surface area contributed by atoms with Crippen LogP contribution in [0.4, 0.5) is 5.82 Å². The first-order valence-corrected chi connectivity index (χ1v) is 5.16. The van der Waals surface area contributed by atoms with Gasteiger partial charge in [0.25, 0.3) is 0 Å². The zero-order valence-electron chi connectivity index (χ0n) is 8.33. The standard InChI is InChI=1S/C10H16ClN3/c1-8(4-5-12)7-14-10-9(11)3-2-6-13-10/h2-3,6,8H,4-5,7,12H2,1H3,(H,13,14). The van der Waals surface area contributed by atoms with Crippen LogP contribution in [0.25, 0.3) is 0 Å². The van der Waals surface area contributed by atoms with Crippen LogP contribution < -0.4 is 11.1 Å². The Balaban J connectivity index is 2.41. The number of aromatic nitrogens is 1. The van der Waals surface area contributed by atoms with E-state index in [2.05, 4.69) is 17.2 Å². The summed E-state index contributed by atoms with van der Waals surface area (Å²) >= 11 is 5.94. The highest BCUT2D eigenvalue weighted by Gasteiger charge is 2.03. The Labute approximate surface area is 89.7 Å². The van der Waals surface area contributed by atoms with Crippen molar-refractivity contribution in [2.75, 3.05) is 18.4 Å². The highest BCUT2D eigenvalue weighted by molar-refractivity contribution is 6.32. The maximum Gasteiger partial charge on any atom is 0.144 e. The van der Waals surface area contributed by atoms with Crippen LogP contribution in [0.5, 0.6) is 0 Å². The predicted molar refractivity (Wildman–Crippen MR) is 60.6 cm³/mol. The van der Waals surface area contributed by atoms with Crippen molar-refractivity contribution in [1.29, 1.82) is 0 Å². The van der Waals surface area contributed by atoms with Crippen LogP contribution in [0.15, 0.2) is 18.3 Å². The average Bonchev–Trinajstić information content (AvgIpc) is 2.17. The first kappa shape index (κ1) is 11.3. The van der Waals surface area contributed by atoms with E-state index in [0.29, 0.717) is 10.9 Å². The summed E-state index contributed by atoms with van der Waals surface area (Å²) < 4.78 is 0. The summed E-state index contributed by atoms with van der Waals surface area (Å²) in [6, 6.07) is 3.64. The van der Waals surface area contributed by atoms with Gasteiger partial charge in [0, 0.05) is 12.7 Å². The van der Waals surface area contributed by atoms with Crippen molar-refractivity contribution in [1.82, 2.24) is 4.98 Å². The maximum absolute atomic E-state index is 5.94. The molecule has 0 fully saturated rings. The van der Waals surface area contributed by atoms with Gasteiger partial charge in [-0.2, -0.15) is 0 Å². The second kappa shape index (κ2) is 5.83. The van der Waals surface area contributed by atoms with E-state index in [4.69, 9.17) is 17.3 Å². The fraction of sp³-hybridized carbons (Fsp3) is 0.500. The molecular weight excluding hydrogens is 198 g/mol. The van der Waals surface area contributed by atoms with Gasteiger partial charge in [-0.05, 0) is 31.0 Å². The summed E-state index contributed by atoms with van der Waals surface area (Å²) in [6.45, 7) is 3.73. The fourth-order valence-corrected chi connectivity index (χ4v) is 1.36. The molecule has 1 atom stereocenters. The number of halogens is 1. The van der Waals surface area contributed by atoms with E-state index in [1.807, 2.05) is 12.1 Å². The zero-order valence-corrected chi connectivity index (χ0v) is 9.09. The molecule has 3 N–H and O–H groups in total. The van der Waals surface area contributed by atoms with Gasteiger partial charge in [-0.15, -0.1) is 0 Å². The molecule has 0 spiro atoms. The van der Waals surface area contributed by atoms with Crippen LogP contribution in [0.3, 0.4) is 0 Å². The number of nitrogens with two attached hydrogens (primary N) is 1. The molecule has 3 nitrogen and oxygen atoms in total. The van der Waals surface area contributed by atoms with Crippen LogP contribution in [0, 0.1) is 5.92 Å². The fourth-order valence-electron chi connectivity index (χ4n) is 1.17. The van der Waals surface area contributed by atoms with Gasteiger partial charge < -0.3 is 11.1 Å². The number of nitrogens with zero attached hydrogens (tertiary/aromatic N) is 1. The molecule has 0 radical (unpaired) electrons. The van der Waals surface area contributed by atoms with Crippen molar-refractivity contribution in [2.45, 2.75) is 13.3 Å². The third kappa shape index (κ3) is 3.52. The number of pyridine rings is 1. The quantitative estimate of drug-likeness (QED) is 0.788. The topological polar surface area (TPSA) is 50.9 Å². The van der Waals surface area contributed by atoms with E-state index in [1.54, 1.807) is 6.20 Å². The molecule has 0 saturated heterocycles. The zero-order chi connectivity index (χ0) is 10.4. The lowest BCUT2D eigenvalue weighted by Gasteiger charge is -2.12. The van der Waals surface area contributed by atoms with E-state index in [0.717, 1.165) is 25.3 Å². The van der Waals surface area contributed by atoms with Crippen LogP contribution in [0.2, 0.25) is 5.02 Å². The number of nitrogens with one attached hydrogen (secondary N) is 1. The second-order valence-electron chi connectivity index (χ2n) is 3.40. The Hall–Kier alpha value is -0.800. The number of rotatable bonds is 5. The van der Waals surface area contributed by atoms with Gasteiger partial charge in [0.2, 0.25) is 0 Å². The highest BCUT2D eigenvalue weighted by atomic mass is 35.5. The van der Waals surface area contributed by atoms with Gasteiger partial charge in [-0.3, -0.25) is 0 Å². The van der Waals surface area contributed by atoms with Gasteiger partial charge in [0.1, 0.15) is 5.82 Å². The van der Waals surface area contributed by atoms with Crippen molar-refractivity contribution in [3.8, 4) is 0 Å².